The van der Waals surface area contributed by atoms with E-state index in [1.54, 1.807) is 6.92 Å². The molecule has 1 atom stereocenters. The second kappa shape index (κ2) is 7.46. The SMILES string of the molecule is CCCCCC[C@]1(C)OC(CCC)=C(C(=O)OC)C1=O. The van der Waals surface area contributed by atoms with Gasteiger partial charge in [-0.2, -0.15) is 0 Å². The van der Waals surface area contributed by atoms with Gasteiger partial charge in [0, 0.05) is 6.42 Å². The van der Waals surface area contributed by atoms with Crippen molar-refractivity contribution in [2.45, 2.75) is 71.3 Å². The molecule has 0 amide bonds. The van der Waals surface area contributed by atoms with Crippen molar-refractivity contribution in [2.75, 3.05) is 7.11 Å². The van der Waals surface area contributed by atoms with E-state index in [2.05, 4.69) is 6.92 Å². The molecule has 0 unspecified atom stereocenters. The van der Waals surface area contributed by atoms with Crippen molar-refractivity contribution in [3.05, 3.63) is 11.3 Å². The minimum absolute atomic E-state index is 0.118. The third-order valence-corrected chi connectivity index (χ3v) is 3.71. The van der Waals surface area contributed by atoms with Crippen LogP contribution in [0.2, 0.25) is 0 Å². The lowest BCUT2D eigenvalue weighted by Crippen LogP contribution is -2.35. The summed E-state index contributed by atoms with van der Waals surface area (Å²) >= 11 is 0. The highest BCUT2D eigenvalue weighted by atomic mass is 16.5. The van der Waals surface area contributed by atoms with Crippen molar-refractivity contribution in [3.8, 4) is 0 Å². The van der Waals surface area contributed by atoms with Crippen molar-refractivity contribution in [1.82, 2.24) is 0 Å². The maximum Gasteiger partial charge on any atom is 0.345 e. The largest absolute Gasteiger partial charge is 0.483 e. The summed E-state index contributed by atoms with van der Waals surface area (Å²) < 4.78 is 10.6. The number of Topliss-reactive ketones (excluding diaryl/α,β-unsaturated/α-hetero) is 1. The van der Waals surface area contributed by atoms with Crippen LogP contribution in [0, 0.1) is 0 Å². The molecule has 0 spiro atoms. The van der Waals surface area contributed by atoms with Gasteiger partial charge in [0.1, 0.15) is 11.3 Å². The highest BCUT2D eigenvalue weighted by Gasteiger charge is 2.47. The highest BCUT2D eigenvalue weighted by Crippen LogP contribution is 2.37. The lowest BCUT2D eigenvalue weighted by Gasteiger charge is -2.23. The molecule has 0 fully saturated rings. The molecule has 20 heavy (non-hydrogen) atoms. The molecule has 114 valence electrons. The van der Waals surface area contributed by atoms with Crippen molar-refractivity contribution < 1.29 is 19.1 Å². The summed E-state index contributed by atoms with van der Waals surface area (Å²) in [6, 6.07) is 0. The fourth-order valence-corrected chi connectivity index (χ4v) is 2.53. The summed E-state index contributed by atoms with van der Waals surface area (Å²) in [4.78, 5) is 24.3. The Kier molecular flexibility index (Phi) is 6.24. The van der Waals surface area contributed by atoms with Gasteiger partial charge in [0.2, 0.25) is 5.78 Å². The summed E-state index contributed by atoms with van der Waals surface area (Å²) in [6.45, 7) is 5.93. The van der Waals surface area contributed by atoms with E-state index in [1.165, 1.54) is 7.11 Å². The highest BCUT2D eigenvalue weighted by molar-refractivity contribution is 6.22. The molecule has 1 heterocycles. The molecule has 1 aliphatic heterocycles. The summed E-state index contributed by atoms with van der Waals surface area (Å²) in [5, 5.41) is 0. The second-order valence-electron chi connectivity index (χ2n) is 5.51. The van der Waals surface area contributed by atoms with Crippen LogP contribution in [-0.4, -0.2) is 24.5 Å². The number of allylic oxidation sites excluding steroid dienone is 1. The number of ether oxygens (including phenoxy) is 2. The van der Waals surface area contributed by atoms with Crippen LogP contribution in [0.15, 0.2) is 11.3 Å². The molecule has 0 aromatic carbocycles. The van der Waals surface area contributed by atoms with E-state index in [4.69, 9.17) is 9.47 Å². The third kappa shape index (κ3) is 3.62. The Balaban J connectivity index is 2.80. The van der Waals surface area contributed by atoms with E-state index in [-0.39, 0.29) is 11.4 Å². The number of hydrogen-bond acceptors (Lipinski definition) is 4. The van der Waals surface area contributed by atoms with Gasteiger partial charge < -0.3 is 9.47 Å². The zero-order valence-corrected chi connectivity index (χ0v) is 13.1. The number of carbonyl (C=O) groups is 2. The van der Waals surface area contributed by atoms with Gasteiger partial charge in [0.05, 0.1) is 7.11 Å². The summed E-state index contributed by atoms with van der Waals surface area (Å²) in [6.07, 6.45) is 6.40. The molecule has 0 aliphatic carbocycles. The van der Waals surface area contributed by atoms with Crippen LogP contribution in [-0.2, 0) is 19.1 Å². The molecular formula is C16H26O4. The topological polar surface area (TPSA) is 52.6 Å². The lowest BCUT2D eigenvalue weighted by molar-refractivity contribution is -0.139. The fraction of sp³-hybridized carbons (Fsp3) is 0.750. The number of esters is 1. The standard InChI is InChI=1S/C16H26O4/c1-5-7-8-9-11-16(3)14(17)13(15(18)19-4)12(20-16)10-6-2/h5-11H2,1-4H3/t16-/m0/s1. The molecule has 0 aromatic rings. The first-order valence-electron chi connectivity index (χ1n) is 7.55. The van der Waals surface area contributed by atoms with Gasteiger partial charge in [-0.05, 0) is 26.2 Å². The van der Waals surface area contributed by atoms with Gasteiger partial charge in [-0.3, -0.25) is 4.79 Å². The number of carbonyl (C=O) groups excluding carboxylic acids is 2. The van der Waals surface area contributed by atoms with E-state index < -0.39 is 11.6 Å². The molecule has 4 heteroatoms. The predicted molar refractivity (Wildman–Crippen MR) is 77.2 cm³/mol. The Labute approximate surface area is 121 Å². The normalized spacial score (nSPS) is 22.1. The Morgan fingerprint density at radius 3 is 2.45 bits per heavy atom. The van der Waals surface area contributed by atoms with Gasteiger partial charge in [-0.25, -0.2) is 4.79 Å². The average molecular weight is 282 g/mol. The molecule has 4 nitrogen and oxygen atoms in total. The van der Waals surface area contributed by atoms with E-state index >= 15 is 0 Å². The van der Waals surface area contributed by atoms with Crippen LogP contribution in [0.3, 0.4) is 0 Å². The molecule has 0 bridgehead atoms. The second-order valence-corrected chi connectivity index (χ2v) is 5.51. The third-order valence-electron chi connectivity index (χ3n) is 3.71. The van der Waals surface area contributed by atoms with Crippen molar-refractivity contribution in [2.24, 2.45) is 0 Å². The number of ketones is 1. The van der Waals surface area contributed by atoms with Crippen LogP contribution < -0.4 is 0 Å². The van der Waals surface area contributed by atoms with Gasteiger partial charge >= 0.3 is 5.97 Å². The Bertz CT molecular complexity index is 397. The molecule has 0 N–H and O–H groups in total. The number of hydrogen-bond donors (Lipinski definition) is 0. The minimum Gasteiger partial charge on any atom is -0.483 e. The van der Waals surface area contributed by atoms with Gasteiger partial charge in [0.25, 0.3) is 0 Å². The first-order chi connectivity index (χ1) is 9.50. The average Bonchev–Trinajstić information content (AvgIpc) is 2.67. The minimum atomic E-state index is -0.887. The van der Waals surface area contributed by atoms with E-state index in [1.807, 2.05) is 6.92 Å². The summed E-state index contributed by atoms with van der Waals surface area (Å²) in [7, 11) is 1.29. The number of methoxy groups -OCH3 is 1. The molecular weight excluding hydrogens is 256 g/mol. The predicted octanol–water partition coefficient (Wildman–Crippen LogP) is 3.54. The van der Waals surface area contributed by atoms with Gasteiger partial charge in [-0.1, -0.05) is 33.1 Å². The number of rotatable bonds is 8. The molecule has 0 saturated carbocycles. The quantitative estimate of drug-likeness (QED) is 0.388. The Morgan fingerprint density at radius 2 is 1.90 bits per heavy atom. The van der Waals surface area contributed by atoms with E-state index in [0.717, 1.165) is 32.1 Å². The molecule has 0 saturated heterocycles. The number of unbranched alkanes of at least 4 members (excludes halogenated alkanes) is 3. The zero-order valence-electron chi connectivity index (χ0n) is 13.1. The van der Waals surface area contributed by atoms with Crippen LogP contribution >= 0.6 is 0 Å². The van der Waals surface area contributed by atoms with Crippen LogP contribution in [0.1, 0.15) is 65.7 Å². The molecule has 0 radical (unpaired) electrons. The van der Waals surface area contributed by atoms with Crippen molar-refractivity contribution in [3.63, 3.8) is 0 Å². The maximum absolute atomic E-state index is 12.5. The smallest absolute Gasteiger partial charge is 0.345 e. The monoisotopic (exact) mass is 282 g/mol. The molecule has 1 aliphatic rings. The summed E-state index contributed by atoms with van der Waals surface area (Å²) in [5.41, 5.74) is -0.769. The van der Waals surface area contributed by atoms with Crippen LogP contribution in [0.5, 0.6) is 0 Å². The lowest BCUT2D eigenvalue weighted by atomic mass is 9.91. The maximum atomic E-state index is 12.5. The fourth-order valence-electron chi connectivity index (χ4n) is 2.53. The first-order valence-corrected chi connectivity index (χ1v) is 7.55. The molecule has 0 aromatic heterocycles. The van der Waals surface area contributed by atoms with E-state index in [0.29, 0.717) is 18.6 Å². The van der Waals surface area contributed by atoms with Gasteiger partial charge in [0.15, 0.2) is 5.60 Å². The molecule has 1 rings (SSSR count). The Hall–Kier alpha value is -1.32. The van der Waals surface area contributed by atoms with Crippen molar-refractivity contribution >= 4 is 11.8 Å². The van der Waals surface area contributed by atoms with Crippen LogP contribution in [0.25, 0.3) is 0 Å². The van der Waals surface area contributed by atoms with Crippen molar-refractivity contribution in [1.29, 1.82) is 0 Å². The Morgan fingerprint density at radius 1 is 1.20 bits per heavy atom. The van der Waals surface area contributed by atoms with E-state index in [9.17, 15) is 9.59 Å². The van der Waals surface area contributed by atoms with Crippen LogP contribution in [0.4, 0.5) is 0 Å². The van der Waals surface area contributed by atoms with Gasteiger partial charge in [-0.15, -0.1) is 0 Å². The summed E-state index contributed by atoms with van der Waals surface area (Å²) in [5.74, 6) is -0.289. The first kappa shape index (κ1) is 16.7. The zero-order chi connectivity index (χ0) is 15.2.